The number of carbonyl (C=O) groups excluding carboxylic acids is 2. The van der Waals surface area contributed by atoms with Crippen LogP contribution in [-0.4, -0.2) is 132 Å². The van der Waals surface area contributed by atoms with E-state index in [0.29, 0.717) is 69.5 Å². The number of fused-ring (bicyclic) bond motifs is 6. The highest BCUT2D eigenvalue weighted by Gasteiger charge is 2.78. The molecule has 306 valence electrons. The fourth-order valence-electron chi connectivity index (χ4n) is 13.3. The zero-order chi connectivity index (χ0) is 40.3. The monoisotopic (exact) mass is 782 g/mol. The minimum atomic E-state index is -2.26. The fourth-order valence-corrected chi connectivity index (χ4v) is 13.3. The highest BCUT2D eigenvalue weighted by atomic mass is 16.5. The molecule has 6 heterocycles. The average molecular weight is 783 g/mol. The molecule has 3 aromatic rings. The van der Waals surface area contributed by atoms with E-state index >= 15 is 4.79 Å². The lowest BCUT2D eigenvalue weighted by Gasteiger charge is -2.63. The molecular weight excluding hydrogens is 725 g/mol. The smallest absolute Gasteiger partial charge is 0.322 e. The van der Waals surface area contributed by atoms with Crippen LogP contribution in [0.25, 0.3) is 10.9 Å². The van der Waals surface area contributed by atoms with Gasteiger partial charge in [-0.25, -0.2) is 0 Å². The minimum absolute atomic E-state index is 0.0835. The number of aromatic amines is 1. The van der Waals surface area contributed by atoms with Crippen molar-refractivity contribution >= 4 is 28.5 Å². The van der Waals surface area contributed by atoms with Gasteiger partial charge in [0.15, 0.2) is 5.60 Å². The van der Waals surface area contributed by atoms with E-state index in [2.05, 4.69) is 38.3 Å². The Morgan fingerprint density at radius 1 is 1.05 bits per heavy atom. The van der Waals surface area contributed by atoms with Crippen LogP contribution < -0.4 is 20.7 Å². The number of para-hydroxylation sites is 1. The number of nitrogens with zero attached hydrogens (tertiary/aromatic N) is 3. The molecule has 10 atom stereocenters. The summed E-state index contributed by atoms with van der Waals surface area (Å²) in [6.45, 7) is 7.20. The normalized spacial score (nSPS) is 38.0. The third kappa shape index (κ3) is 4.90. The lowest BCUT2D eigenvalue weighted by molar-refractivity contribution is -0.203. The minimum Gasteiger partial charge on any atom is -0.496 e. The number of aliphatic hydroxyl groups is 3. The number of rotatable bonds is 7. The van der Waals surface area contributed by atoms with Crippen molar-refractivity contribution < 1.29 is 34.4 Å². The third-order valence-corrected chi connectivity index (χ3v) is 15.5. The first-order valence-electron chi connectivity index (χ1n) is 20.7. The molecule has 5 aliphatic heterocycles. The summed E-state index contributed by atoms with van der Waals surface area (Å²) in [5.41, 5.74) is 4.47. The average Bonchev–Trinajstić information content (AvgIpc) is 3.88. The number of esters is 1. The molecule has 3 fully saturated rings. The number of amides is 1. The number of nitrogens with two attached hydrogens (primary N) is 1. The Morgan fingerprint density at radius 3 is 2.56 bits per heavy atom. The van der Waals surface area contributed by atoms with Gasteiger partial charge in [-0.1, -0.05) is 44.2 Å². The maximum absolute atomic E-state index is 15.3. The first-order valence-corrected chi connectivity index (χ1v) is 20.7. The van der Waals surface area contributed by atoms with Gasteiger partial charge in [0.1, 0.15) is 17.3 Å². The van der Waals surface area contributed by atoms with E-state index in [-0.39, 0.29) is 18.6 Å². The van der Waals surface area contributed by atoms with Crippen LogP contribution in [0.2, 0.25) is 0 Å². The predicted octanol–water partition coefficient (Wildman–Crippen LogP) is 2.28. The second kappa shape index (κ2) is 13.3. The molecule has 2 bridgehead atoms. The maximum Gasteiger partial charge on any atom is 0.322 e. The number of H-pyrrole nitrogens is 1. The molecule has 7 N–H and O–H groups in total. The zero-order valence-corrected chi connectivity index (χ0v) is 33.8. The Hall–Kier alpha value is -3.98. The molecule has 4 unspecified atom stereocenters. The highest BCUT2D eigenvalue weighted by molar-refractivity contribution is 5.95. The second-order valence-electron chi connectivity index (χ2n) is 17.8. The van der Waals surface area contributed by atoms with Crippen molar-refractivity contribution in [1.29, 1.82) is 0 Å². The van der Waals surface area contributed by atoms with Crippen LogP contribution in [0.5, 0.6) is 5.75 Å². The van der Waals surface area contributed by atoms with Crippen LogP contribution in [0, 0.1) is 11.3 Å². The third-order valence-electron chi connectivity index (χ3n) is 15.5. The largest absolute Gasteiger partial charge is 0.496 e. The summed E-state index contributed by atoms with van der Waals surface area (Å²) in [4.78, 5) is 40.0. The number of aliphatic hydroxyl groups excluding tert-OH is 1. The summed E-state index contributed by atoms with van der Waals surface area (Å²) >= 11 is 0. The Kier molecular flexibility index (Phi) is 8.97. The standard InChI is InChI=1S/C44H58N6O7/c1-6-40(54)21-26-22-43(39(53)57-5,34-28(13-17-49(23-26)24-40)27-11-8-9-12-31(27)47-34)30-19-29-32(20-33(30)56-4)48(3)36-42(29)15-18-50-16-10-14-41(7-2,35(42)50)37(51)44(36,55)38(52)46-25-45/h8-12,14,19-20,26,35-37,47,51,54-55H,6-7,13,15-18,21-25,45H2,1-5H3,(H,46,52)/t26?,35-,36?,37+,40-,41+,42?,43-,44-/m0/s1. The van der Waals surface area contributed by atoms with Crippen molar-refractivity contribution in [2.45, 2.75) is 92.6 Å². The second-order valence-corrected chi connectivity index (χ2v) is 17.8. The van der Waals surface area contributed by atoms with Gasteiger partial charge in [0.2, 0.25) is 0 Å². The van der Waals surface area contributed by atoms with E-state index in [1.165, 1.54) is 7.11 Å². The van der Waals surface area contributed by atoms with Crippen LogP contribution in [0.4, 0.5) is 5.69 Å². The lowest BCUT2D eigenvalue weighted by Crippen LogP contribution is -2.81. The number of benzene rings is 2. The number of ether oxygens (including phenoxy) is 2. The van der Waals surface area contributed by atoms with Crippen molar-refractivity contribution in [1.82, 2.24) is 20.1 Å². The number of nitrogens with one attached hydrogen (secondary N) is 2. The van der Waals surface area contributed by atoms with Gasteiger partial charge in [-0.15, -0.1) is 0 Å². The van der Waals surface area contributed by atoms with E-state index in [0.717, 1.165) is 46.5 Å². The topological polar surface area (TPSA) is 177 Å². The number of anilines is 1. The molecule has 57 heavy (non-hydrogen) atoms. The van der Waals surface area contributed by atoms with Gasteiger partial charge < -0.3 is 45.7 Å². The molecule has 0 radical (unpaired) electrons. The van der Waals surface area contributed by atoms with Crippen LogP contribution in [0.1, 0.15) is 68.3 Å². The molecule has 1 saturated carbocycles. The maximum atomic E-state index is 15.3. The van der Waals surface area contributed by atoms with Gasteiger partial charge in [0.05, 0.1) is 32.5 Å². The molecule has 1 aromatic heterocycles. The van der Waals surface area contributed by atoms with Gasteiger partial charge in [0, 0.05) is 84.0 Å². The summed E-state index contributed by atoms with van der Waals surface area (Å²) in [5, 5.41) is 41.2. The van der Waals surface area contributed by atoms with Gasteiger partial charge in [-0.05, 0) is 74.2 Å². The van der Waals surface area contributed by atoms with Crippen molar-refractivity contribution in [2.75, 3.05) is 65.6 Å². The van der Waals surface area contributed by atoms with Crippen molar-refractivity contribution in [3.8, 4) is 5.75 Å². The molecular formula is C44H58N6O7. The number of piperidine rings is 1. The first kappa shape index (κ1) is 38.5. The van der Waals surface area contributed by atoms with E-state index in [4.69, 9.17) is 15.2 Å². The van der Waals surface area contributed by atoms with E-state index in [9.17, 15) is 20.1 Å². The van der Waals surface area contributed by atoms with Crippen LogP contribution in [0.15, 0.2) is 48.6 Å². The van der Waals surface area contributed by atoms with Gasteiger partial charge in [-0.2, -0.15) is 0 Å². The molecule has 13 heteroatoms. The lowest BCUT2D eigenvalue weighted by atomic mass is 9.47. The molecule has 1 spiro atoms. The Labute approximate surface area is 334 Å². The molecule has 13 nitrogen and oxygen atoms in total. The number of likely N-dealkylation sites (N-methyl/N-ethyl adjacent to an activating group) is 1. The summed E-state index contributed by atoms with van der Waals surface area (Å²) in [6, 6.07) is 11.1. The van der Waals surface area contributed by atoms with Gasteiger partial charge >= 0.3 is 5.97 Å². The summed E-state index contributed by atoms with van der Waals surface area (Å²) in [6.07, 6.45) is 5.82. The van der Waals surface area contributed by atoms with Crippen LogP contribution >= 0.6 is 0 Å². The number of aromatic nitrogens is 1. The van der Waals surface area contributed by atoms with Crippen molar-refractivity contribution in [3.63, 3.8) is 0 Å². The van der Waals surface area contributed by atoms with Gasteiger partial charge in [-0.3, -0.25) is 19.4 Å². The van der Waals surface area contributed by atoms with Crippen molar-refractivity contribution in [3.05, 3.63) is 70.9 Å². The molecule has 9 rings (SSSR count). The first-order chi connectivity index (χ1) is 27.3. The highest BCUT2D eigenvalue weighted by Crippen LogP contribution is 2.67. The quantitative estimate of drug-likeness (QED) is 0.118. The SMILES string of the molecule is CC[C@]1(O)CC2CN(CCc3c([nH]c4ccccc34)[C@@](C(=O)OC)(c3cc4c(cc3OC)N(C)C3C45CCN4CC=C[C@](CC)([C@H]45)[C@@H](O)[C@]3(O)C(=O)NCN)C2)C1. The summed E-state index contributed by atoms with van der Waals surface area (Å²) in [5.74, 6) is -0.756. The van der Waals surface area contributed by atoms with E-state index < -0.39 is 51.5 Å². The summed E-state index contributed by atoms with van der Waals surface area (Å²) in [7, 11) is 4.92. The molecule has 2 aromatic carbocycles. The summed E-state index contributed by atoms with van der Waals surface area (Å²) < 4.78 is 12.3. The van der Waals surface area contributed by atoms with Crippen LogP contribution in [-0.2, 0) is 31.6 Å². The molecule has 1 amide bonds. The molecule has 2 saturated heterocycles. The number of hydrogen-bond acceptors (Lipinski definition) is 11. The number of carbonyl (C=O) groups is 2. The zero-order valence-electron chi connectivity index (χ0n) is 33.8. The molecule has 6 aliphatic rings. The fraction of sp³-hybridized carbons (Fsp3) is 0.591. The van der Waals surface area contributed by atoms with E-state index in [1.807, 2.05) is 56.1 Å². The molecule has 1 aliphatic carbocycles. The number of methoxy groups -OCH3 is 2. The Morgan fingerprint density at radius 2 is 1.84 bits per heavy atom. The Bertz CT molecular complexity index is 2160. The van der Waals surface area contributed by atoms with E-state index in [1.54, 1.807) is 7.11 Å². The number of hydrogen-bond donors (Lipinski definition) is 6. The van der Waals surface area contributed by atoms with Crippen LogP contribution in [0.3, 0.4) is 0 Å². The van der Waals surface area contributed by atoms with Gasteiger partial charge in [0.25, 0.3) is 5.91 Å². The Balaban J connectivity index is 1.36. The van der Waals surface area contributed by atoms with Crippen molar-refractivity contribution in [2.24, 2.45) is 17.1 Å². The predicted molar refractivity (Wildman–Crippen MR) is 216 cm³/mol.